The van der Waals surface area contributed by atoms with E-state index >= 15 is 0 Å². The Balaban J connectivity index is 3.91. The lowest BCUT2D eigenvalue weighted by Gasteiger charge is -2.14. The topological polar surface area (TPSA) is 104 Å². The highest BCUT2D eigenvalue weighted by Crippen LogP contribution is 2.03. The molecule has 0 amide bonds. The molecule has 0 saturated heterocycles. The molecule has 0 aliphatic heterocycles. The standard InChI is InChI=1S/C3H10O6SSi/c4-3(5,11)1-2-10(7,8)9-6/h4-6H,1-2H2,11H3. The summed E-state index contributed by atoms with van der Waals surface area (Å²) < 4.78 is 23.8. The molecule has 0 aliphatic carbocycles. The normalized spacial score (nSPS) is 13.7. The largest absolute Gasteiger partial charge is 0.370 e. The zero-order valence-corrected chi connectivity index (χ0v) is 8.71. The van der Waals surface area contributed by atoms with Crippen molar-refractivity contribution < 1.29 is 28.2 Å². The van der Waals surface area contributed by atoms with E-state index in [9.17, 15) is 8.42 Å². The predicted molar refractivity (Wildman–Crippen MR) is 39.2 cm³/mol. The van der Waals surface area contributed by atoms with Gasteiger partial charge < -0.3 is 10.2 Å². The van der Waals surface area contributed by atoms with Gasteiger partial charge in [-0.3, -0.25) is 0 Å². The van der Waals surface area contributed by atoms with Crippen molar-refractivity contribution in [2.75, 3.05) is 5.75 Å². The highest BCUT2D eigenvalue weighted by Gasteiger charge is 2.20. The highest BCUT2D eigenvalue weighted by molar-refractivity contribution is 7.86. The number of aliphatic hydroxyl groups is 2. The molecule has 68 valence electrons. The zero-order valence-electron chi connectivity index (χ0n) is 5.89. The van der Waals surface area contributed by atoms with Crippen LogP contribution in [0.3, 0.4) is 0 Å². The third-order valence-electron chi connectivity index (χ3n) is 0.939. The molecule has 0 saturated carbocycles. The smallest absolute Gasteiger partial charge is 0.293 e. The summed E-state index contributed by atoms with van der Waals surface area (Å²) in [6.45, 7) is 0. The second-order valence-corrected chi connectivity index (χ2v) is 5.58. The van der Waals surface area contributed by atoms with Crippen LogP contribution in [0, 0.1) is 0 Å². The quantitative estimate of drug-likeness (QED) is 0.197. The van der Waals surface area contributed by atoms with E-state index in [1.165, 1.54) is 0 Å². The van der Waals surface area contributed by atoms with Crippen LogP contribution in [0.5, 0.6) is 0 Å². The van der Waals surface area contributed by atoms with Crippen molar-refractivity contribution in [1.29, 1.82) is 0 Å². The van der Waals surface area contributed by atoms with Crippen LogP contribution >= 0.6 is 0 Å². The summed E-state index contributed by atoms with van der Waals surface area (Å²) >= 11 is 0. The summed E-state index contributed by atoms with van der Waals surface area (Å²) in [5.74, 6) is -0.611. The molecule has 0 atom stereocenters. The van der Waals surface area contributed by atoms with E-state index in [0.29, 0.717) is 0 Å². The predicted octanol–water partition coefficient (Wildman–Crippen LogP) is -2.80. The molecule has 0 heterocycles. The first-order chi connectivity index (χ1) is 4.77. The molecule has 0 fully saturated rings. The van der Waals surface area contributed by atoms with Crippen LogP contribution < -0.4 is 0 Å². The van der Waals surface area contributed by atoms with E-state index in [2.05, 4.69) is 4.33 Å². The monoisotopic (exact) mass is 202 g/mol. The maximum atomic E-state index is 10.4. The van der Waals surface area contributed by atoms with Crippen molar-refractivity contribution >= 4 is 20.4 Å². The van der Waals surface area contributed by atoms with Gasteiger partial charge in [-0.05, 0) is 0 Å². The van der Waals surface area contributed by atoms with Gasteiger partial charge in [0.1, 0.15) is 5.41 Å². The fourth-order valence-electron chi connectivity index (χ4n) is 0.356. The Morgan fingerprint density at radius 3 is 2.18 bits per heavy atom. The molecule has 11 heavy (non-hydrogen) atoms. The Labute approximate surface area is 66.9 Å². The van der Waals surface area contributed by atoms with Gasteiger partial charge in [0.2, 0.25) is 0 Å². The van der Waals surface area contributed by atoms with Crippen molar-refractivity contribution in [3.8, 4) is 0 Å². The Hall–Kier alpha value is 0.00688. The average Bonchev–Trinajstić information content (AvgIpc) is 1.83. The molecule has 3 N–H and O–H groups in total. The van der Waals surface area contributed by atoms with Crippen molar-refractivity contribution in [1.82, 2.24) is 0 Å². The first-order valence-corrected chi connectivity index (χ1v) is 5.35. The van der Waals surface area contributed by atoms with E-state index < -0.39 is 21.3 Å². The van der Waals surface area contributed by atoms with Gasteiger partial charge in [0.15, 0.2) is 0 Å². The molecule has 0 spiro atoms. The SMILES string of the molecule is O=S(=O)(CCC(O)(O)[SiH3])OO. The van der Waals surface area contributed by atoms with Crippen molar-refractivity contribution in [3.05, 3.63) is 0 Å². The Bertz CT molecular complexity index is 202. The average molecular weight is 202 g/mol. The molecule has 0 aromatic heterocycles. The molecule has 0 aromatic carbocycles. The zero-order chi connectivity index (χ0) is 9.12. The van der Waals surface area contributed by atoms with E-state index in [1.54, 1.807) is 0 Å². The number of rotatable bonds is 4. The van der Waals surface area contributed by atoms with Crippen LogP contribution in [0.1, 0.15) is 6.42 Å². The van der Waals surface area contributed by atoms with E-state index in [0.717, 1.165) is 0 Å². The lowest BCUT2D eigenvalue weighted by molar-refractivity contribution is -0.132. The van der Waals surface area contributed by atoms with Gasteiger partial charge in [0, 0.05) is 6.42 Å². The molecular weight excluding hydrogens is 192 g/mol. The molecule has 0 aliphatic rings. The van der Waals surface area contributed by atoms with E-state index in [-0.39, 0.29) is 16.7 Å². The molecule has 8 heteroatoms. The molecular formula is C3H10O6SSi. The summed E-state index contributed by atoms with van der Waals surface area (Å²) in [4.78, 5) is 0. The molecule has 6 nitrogen and oxygen atoms in total. The third kappa shape index (κ3) is 6.41. The second-order valence-electron chi connectivity index (χ2n) is 2.30. The molecule has 0 unspecified atom stereocenters. The Morgan fingerprint density at radius 2 is 1.91 bits per heavy atom. The van der Waals surface area contributed by atoms with Crippen LogP contribution in [0.15, 0.2) is 0 Å². The Morgan fingerprint density at radius 1 is 1.45 bits per heavy atom. The lowest BCUT2D eigenvalue weighted by Crippen LogP contribution is -2.31. The first kappa shape index (κ1) is 11.0. The summed E-state index contributed by atoms with van der Waals surface area (Å²) in [7, 11) is -3.96. The van der Waals surface area contributed by atoms with Crippen molar-refractivity contribution in [3.63, 3.8) is 0 Å². The minimum absolute atomic E-state index is 0.0335. The van der Waals surface area contributed by atoms with Crippen LogP contribution in [0.2, 0.25) is 0 Å². The van der Waals surface area contributed by atoms with Gasteiger partial charge in [-0.25, -0.2) is 5.26 Å². The summed E-state index contributed by atoms with van der Waals surface area (Å²) in [6, 6.07) is 0. The van der Waals surface area contributed by atoms with Crippen LogP contribution in [0.4, 0.5) is 0 Å². The van der Waals surface area contributed by atoms with Gasteiger partial charge >= 0.3 is 0 Å². The maximum Gasteiger partial charge on any atom is 0.293 e. The fourth-order valence-corrected chi connectivity index (χ4v) is 1.68. The van der Waals surface area contributed by atoms with Crippen LogP contribution in [-0.4, -0.2) is 45.3 Å². The molecule has 0 bridgehead atoms. The summed E-state index contributed by atoms with van der Waals surface area (Å²) in [6.07, 6.45) is -0.359. The van der Waals surface area contributed by atoms with Gasteiger partial charge in [-0.15, -0.1) is 4.33 Å². The summed E-state index contributed by atoms with van der Waals surface area (Å²) in [5, 5.41) is 25.1. The van der Waals surface area contributed by atoms with Gasteiger partial charge in [0.25, 0.3) is 10.1 Å². The number of hydrogen-bond donors (Lipinski definition) is 3. The fraction of sp³-hybridized carbons (Fsp3) is 1.00. The lowest BCUT2D eigenvalue weighted by atomic mass is 10.5. The minimum atomic E-state index is -3.99. The summed E-state index contributed by atoms with van der Waals surface area (Å²) in [5.41, 5.74) is -1.93. The van der Waals surface area contributed by atoms with E-state index in [4.69, 9.17) is 15.5 Å². The number of hydrogen-bond acceptors (Lipinski definition) is 6. The molecule has 0 aromatic rings. The Kier molecular flexibility index (Phi) is 3.61. The second kappa shape index (κ2) is 3.60. The highest BCUT2D eigenvalue weighted by atomic mass is 32.2. The minimum Gasteiger partial charge on any atom is -0.370 e. The van der Waals surface area contributed by atoms with Gasteiger partial charge in [-0.1, -0.05) is 0 Å². The van der Waals surface area contributed by atoms with Crippen molar-refractivity contribution in [2.45, 2.75) is 11.8 Å². The van der Waals surface area contributed by atoms with Crippen molar-refractivity contribution in [2.24, 2.45) is 0 Å². The van der Waals surface area contributed by atoms with Crippen LogP contribution in [-0.2, 0) is 14.5 Å². The van der Waals surface area contributed by atoms with Crippen LogP contribution in [0.25, 0.3) is 0 Å². The third-order valence-corrected chi connectivity index (χ3v) is 2.37. The van der Waals surface area contributed by atoms with Gasteiger partial charge in [-0.2, -0.15) is 8.42 Å². The maximum absolute atomic E-state index is 10.4. The first-order valence-electron chi connectivity index (χ1n) is 2.77. The molecule has 0 rings (SSSR count). The van der Waals surface area contributed by atoms with E-state index in [1.807, 2.05) is 0 Å². The van der Waals surface area contributed by atoms with Gasteiger partial charge in [0.05, 0.1) is 16.0 Å². The molecule has 0 radical (unpaired) electrons.